The first kappa shape index (κ1) is 17.7. The van der Waals surface area contributed by atoms with Crippen molar-refractivity contribution in [1.29, 1.82) is 0 Å². The predicted octanol–water partition coefficient (Wildman–Crippen LogP) is 0.818. The van der Waals surface area contributed by atoms with E-state index in [1.807, 2.05) is 0 Å². The second-order valence-electron chi connectivity index (χ2n) is 7.16. The Hall–Kier alpha value is -2.68. The second kappa shape index (κ2) is 7.15. The molecular formula is C18H23N5O4. The number of morpholine rings is 1. The molecule has 144 valence electrons. The molecule has 2 saturated heterocycles. The molecule has 3 fully saturated rings. The molecule has 3 heterocycles. The van der Waals surface area contributed by atoms with Crippen LogP contribution in [0.15, 0.2) is 18.3 Å². The van der Waals surface area contributed by atoms with Gasteiger partial charge in [-0.25, -0.2) is 9.78 Å². The highest BCUT2D eigenvalue weighted by molar-refractivity contribution is 6.09. The molecule has 2 aliphatic heterocycles. The van der Waals surface area contributed by atoms with Gasteiger partial charge < -0.3 is 15.0 Å². The normalized spacial score (nSPS) is 22.1. The van der Waals surface area contributed by atoms with E-state index < -0.39 is 17.5 Å². The summed E-state index contributed by atoms with van der Waals surface area (Å²) >= 11 is 0. The summed E-state index contributed by atoms with van der Waals surface area (Å²) in [6.07, 6.45) is 5.51. The molecule has 0 radical (unpaired) electrons. The van der Waals surface area contributed by atoms with Gasteiger partial charge in [0.25, 0.3) is 11.8 Å². The summed E-state index contributed by atoms with van der Waals surface area (Å²) in [4.78, 5) is 43.8. The molecule has 0 bridgehead atoms. The van der Waals surface area contributed by atoms with E-state index in [4.69, 9.17) is 4.74 Å². The summed E-state index contributed by atoms with van der Waals surface area (Å²) in [5, 5.41) is 3.58. The van der Waals surface area contributed by atoms with Crippen LogP contribution >= 0.6 is 0 Å². The summed E-state index contributed by atoms with van der Waals surface area (Å²) in [5.74, 6) is -0.142. The van der Waals surface area contributed by atoms with Gasteiger partial charge in [-0.1, -0.05) is 19.3 Å². The van der Waals surface area contributed by atoms with E-state index in [-0.39, 0.29) is 11.5 Å². The van der Waals surface area contributed by atoms with E-state index in [9.17, 15) is 14.4 Å². The van der Waals surface area contributed by atoms with Crippen LogP contribution in [-0.2, 0) is 9.53 Å². The van der Waals surface area contributed by atoms with Gasteiger partial charge in [0, 0.05) is 19.3 Å². The van der Waals surface area contributed by atoms with Gasteiger partial charge >= 0.3 is 6.03 Å². The Morgan fingerprint density at radius 1 is 1.15 bits per heavy atom. The fourth-order valence-electron chi connectivity index (χ4n) is 3.88. The first-order valence-electron chi connectivity index (χ1n) is 9.35. The first-order chi connectivity index (χ1) is 13.1. The van der Waals surface area contributed by atoms with E-state index in [2.05, 4.69) is 20.6 Å². The van der Waals surface area contributed by atoms with Crippen molar-refractivity contribution in [3.63, 3.8) is 0 Å². The van der Waals surface area contributed by atoms with Gasteiger partial charge in [-0.15, -0.1) is 0 Å². The molecule has 1 aliphatic carbocycles. The number of nitrogens with one attached hydrogen (secondary N) is 2. The fraction of sp³-hybridized carbons (Fsp3) is 0.556. The van der Waals surface area contributed by atoms with Crippen LogP contribution in [0.25, 0.3) is 0 Å². The van der Waals surface area contributed by atoms with Crippen molar-refractivity contribution in [2.75, 3.05) is 31.2 Å². The lowest BCUT2D eigenvalue weighted by molar-refractivity contribution is -0.134. The van der Waals surface area contributed by atoms with Gasteiger partial charge in [0.2, 0.25) is 0 Å². The lowest BCUT2D eigenvalue weighted by Gasteiger charge is -2.30. The molecular weight excluding hydrogens is 350 g/mol. The molecule has 2 N–H and O–H groups in total. The molecule has 1 spiro atoms. The van der Waals surface area contributed by atoms with Crippen LogP contribution in [-0.4, -0.2) is 59.7 Å². The summed E-state index contributed by atoms with van der Waals surface area (Å²) in [5.41, 5.74) is 1.85. The molecule has 4 amide bonds. The summed E-state index contributed by atoms with van der Waals surface area (Å²) in [6, 6.07) is 2.82. The number of anilines is 1. The number of rotatable bonds is 3. The van der Waals surface area contributed by atoms with Crippen LogP contribution < -0.4 is 15.6 Å². The number of urea groups is 1. The number of ether oxygens (including phenoxy) is 1. The number of imide groups is 1. The van der Waals surface area contributed by atoms with Gasteiger partial charge in [0.05, 0.1) is 18.8 Å². The molecule has 27 heavy (non-hydrogen) atoms. The highest BCUT2D eigenvalue weighted by Gasteiger charge is 2.52. The van der Waals surface area contributed by atoms with Gasteiger partial charge in [-0.3, -0.25) is 15.0 Å². The van der Waals surface area contributed by atoms with Gasteiger partial charge in [-0.05, 0) is 25.0 Å². The topological polar surface area (TPSA) is 104 Å². The number of aromatic nitrogens is 1. The number of nitrogens with zero attached hydrogens (tertiary/aromatic N) is 3. The molecule has 9 nitrogen and oxygen atoms in total. The maximum atomic E-state index is 12.7. The number of hydrogen-bond donors (Lipinski definition) is 2. The SMILES string of the molecule is O=C(NN1C(=O)NC2(CCCCC2)C1=O)c1ccc(N2CCOCC2)nc1. The Morgan fingerprint density at radius 3 is 2.56 bits per heavy atom. The zero-order valence-electron chi connectivity index (χ0n) is 15.1. The summed E-state index contributed by atoms with van der Waals surface area (Å²) in [6.45, 7) is 2.81. The minimum Gasteiger partial charge on any atom is -0.378 e. The predicted molar refractivity (Wildman–Crippen MR) is 95.9 cm³/mol. The number of hydrazine groups is 1. The molecule has 3 aliphatic rings. The monoisotopic (exact) mass is 373 g/mol. The van der Waals surface area contributed by atoms with Crippen molar-refractivity contribution >= 4 is 23.7 Å². The number of carbonyl (C=O) groups excluding carboxylic acids is 3. The number of carbonyl (C=O) groups is 3. The molecule has 1 aromatic rings. The molecule has 0 aromatic carbocycles. The number of amides is 4. The van der Waals surface area contributed by atoms with Crippen molar-refractivity contribution in [3.8, 4) is 0 Å². The lowest BCUT2D eigenvalue weighted by Crippen LogP contribution is -2.50. The van der Waals surface area contributed by atoms with Gasteiger partial charge in [0.15, 0.2) is 0 Å². The second-order valence-corrected chi connectivity index (χ2v) is 7.16. The average Bonchev–Trinajstić information content (AvgIpc) is 2.93. The van der Waals surface area contributed by atoms with Crippen LogP contribution in [0, 0.1) is 0 Å². The number of hydrogen-bond acceptors (Lipinski definition) is 6. The van der Waals surface area contributed by atoms with E-state index in [0.29, 0.717) is 26.1 Å². The van der Waals surface area contributed by atoms with Crippen molar-refractivity contribution in [2.24, 2.45) is 0 Å². The van der Waals surface area contributed by atoms with E-state index in [1.54, 1.807) is 12.1 Å². The Labute approximate surface area is 157 Å². The third-order valence-corrected chi connectivity index (χ3v) is 5.43. The minimum absolute atomic E-state index is 0.289. The van der Waals surface area contributed by atoms with Gasteiger partial charge in [0.1, 0.15) is 11.4 Å². The van der Waals surface area contributed by atoms with E-state index >= 15 is 0 Å². The highest BCUT2D eigenvalue weighted by atomic mass is 16.5. The molecule has 1 aromatic heterocycles. The zero-order chi connectivity index (χ0) is 18.9. The summed E-state index contributed by atoms with van der Waals surface area (Å²) < 4.78 is 5.32. The third-order valence-electron chi connectivity index (χ3n) is 5.43. The van der Waals surface area contributed by atoms with Crippen LogP contribution in [0.5, 0.6) is 0 Å². The molecule has 1 saturated carbocycles. The standard InChI is InChI=1S/C18H23N5O4/c24-15(13-4-5-14(19-12-13)22-8-10-27-11-9-22)21-23-16(25)18(20-17(23)26)6-2-1-3-7-18/h4-5,12H,1-3,6-11H2,(H,20,26)(H,21,24). The van der Waals surface area contributed by atoms with Gasteiger partial charge in [-0.2, -0.15) is 5.01 Å². The molecule has 0 atom stereocenters. The fourth-order valence-corrected chi connectivity index (χ4v) is 3.88. The third kappa shape index (κ3) is 3.34. The largest absolute Gasteiger partial charge is 0.378 e. The van der Waals surface area contributed by atoms with Crippen LogP contribution in [0.3, 0.4) is 0 Å². The van der Waals surface area contributed by atoms with Crippen molar-refractivity contribution in [3.05, 3.63) is 23.9 Å². The molecule has 9 heteroatoms. The number of pyridine rings is 1. The van der Waals surface area contributed by atoms with Crippen LogP contribution in [0.2, 0.25) is 0 Å². The van der Waals surface area contributed by atoms with Crippen molar-refractivity contribution < 1.29 is 19.1 Å². The lowest BCUT2D eigenvalue weighted by atomic mass is 9.82. The van der Waals surface area contributed by atoms with Crippen LogP contribution in [0.4, 0.5) is 10.6 Å². The maximum Gasteiger partial charge on any atom is 0.344 e. The van der Waals surface area contributed by atoms with Crippen molar-refractivity contribution in [2.45, 2.75) is 37.6 Å². The zero-order valence-corrected chi connectivity index (χ0v) is 15.1. The highest BCUT2D eigenvalue weighted by Crippen LogP contribution is 2.33. The Bertz CT molecular complexity index is 739. The molecule has 4 rings (SSSR count). The first-order valence-corrected chi connectivity index (χ1v) is 9.35. The Kier molecular flexibility index (Phi) is 4.69. The summed E-state index contributed by atoms with van der Waals surface area (Å²) in [7, 11) is 0. The van der Waals surface area contributed by atoms with E-state index in [0.717, 1.165) is 43.2 Å². The Balaban J connectivity index is 1.42. The quantitative estimate of drug-likeness (QED) is 0.760. The smallest absolute Gasteiger partial charge is 0.344 e. The van der Waals surface area contributed by atoms with E-state index in [1.165, 1.54) is 6.20 Å². The average molecular weight is 373 g/mol. The Morgan fingerprint density at radius 2 is 1.89 bits per heavy atom. The van der Waals surface area contributed by atoms with Crippen LogP contribution in [0.1, 0.15) is 42.5 Å². The minimum atomic E-state index is -0.860. The maximum absolute atomic E-state index is 12.7. The van der Waals surface area contributed by atoms with Crippen molar-refractivity contribution in [1.82, 2.24) is 20.7 Å². The molecule has 0 unspecified atom stereocenters.